The Kier molecular flexibility index (Phi) is 5.38. The number of amidine groups is 1. The first-order valence-corrected chi connectivity index (χ1v) is 9.56. The number of nitro groups is 1. The summed E-state index contributed by atoms with van der Waals surface area (Å²) < 4.78 is 5.91. The number of hydrogen-bond acceptors (Lipinski definition) is 7. The van der Waals surface area contributed by atoms with E-state index in [1.807, 2.05) is 13.2 Å². The Balaban J connectivity index is 2.06. The van der Waals surface area contributed by atoms with Crippen molar-refractivity contribution in [2.75, 3.05) is 6.26 Å². The summed E-state index contributed by atoms with van der Waals surface area (Å²) in [5, 5.41) is 15.1. The molecule has 27 heavy (non-hydrogen) atoms. The molecule has 140 valence electrons. The van der Waals surface area contributed by atoms with Crippen LogP contribution in [0.2, 0.25) is 5.02 Å². The van der Waals surface area contributed by atoms with Crippen LogP contribution >= 0.6 is 23.4 Å². The first-order chi connectivity index (χ1) is 12.8. The molecule has 1 atom stereocenters. The van der Waals surface area contributed by atoms with E-state index >= 15 is 0 Å². The Hall–Kier alpha value is -2.58. The average Bonchev–Trinajstić information content (AvgIpc) is 3.10. The molecule has 1 aliphatic rings. The van der Waals surface area contributed by atoms with Gasteiger partial charge < -0.3 is 9.73 Å². The molecule has 0 radical (unpaired) electrons. The molecule has 2 heterocycles. The van der Waals surface area contributed by atoms with E-state index in [4.69, 9.17) is 16.0 Å². The molecule has 0 bridgehead atoms. The van der Waals surface area contributed by atoms with Gasteiger partial charge in [-0.05, 0) is 38.3 Å². The minimum atomic E-state index is -0.586. The molecular weight excluding hydrogens is 390 g/mol. The van der Waals surface area contributed by atoms with Gasteiger partial charge in [-0.1, -0.05) is 23.4 Å². The molecular formula is C18H16ClN3O4S. The van der Waals surface area contributed by atoms with Gasteiger partial charge in [-0.3, -0.25) is 14.9 Å². The SMILES string of the molecule is CSC1=NC(c2ccc(-c3cc([N+](=O)[O-])ccc3Cl)o2)C(C(C)=O)=C(C)N1. The van der Waals surface area contributed by atoms with Crippen molar-refractivity contribution in [2.24, 2.45) is 4.99 Å². The number of benzene rings is 1. The van der Waals surface area contributed by atoms with Crippen LogP contribution in [0.4, 0.5) is 5.69 Å². The predicted molar refractivity (Wildman–Crippen MR) is 106 cm³/mol. The fraction of sp³-hybridized carbons (Fsp3) is 0.222. The maximum Gasteiger partial charge on any atom is 0.270 e. The van der Waals surface area contributed by atoms with Crippen molar-refractivity contribution in [3.05, 3.63) is 62.5 Å². The Morgan fingerprint density at radius 3 is 2.74 bits per heavy atom. The second kappa shape index (κ2) is 7.58. The molecule has 0 aliphatic carbocycles. The van der Waals surface area contributed by atoms with E-state index in [1.54, 1.807) is 12.1 Å². The van der Waals surface area contributed by atoms with Crippen LogP contribution in [0.1, 0.15) is 25.6 Å². The van der Waals surface area contributed by atoms with Crippen LogP contribution in [0.25, 0.3) is 11.3 Å². The molecule has 0 saturated heterocycles. The summed E-state index contributed by atoms with van der Waals surface area (Å²) in [6.07, 6.45) is 1.88. The summed E-state index contributed by atoms with van der Waals surface area (Å²) in [6, 6.07) is 6.94. The lowest BCUT2D eigenvalue weighted by molar-refractivity contribution is -0.384. The number of hydrogen-bond donors (Lipinski definition) is 1. The zero-order valence-corrected chi connectivity index (χ0v) is 16.4. The number of nitrogens with zero attached hydrogens (tertiary/aromatic N) is 2. The number of halogens is 1. The number of ketones is 1. The van der Waals surface area contributed by atoms with Crippen LogP contribution in [0, 0.1) is 10.1 Å². The summed E-state index contributed by atoms with van der Waals surface area (Å²) in [6.45, 7) is 3.30. The molecule has 1 aliphatic heterocycles. The van der Waals surface area contributed by atoms with Crippen LogP contribution < -0.4 is 5.32 Å². The quantitative estimate of drug-likeness (QED) is 0.583. The molecule has 0 saturated carbocycles. The van der Waals surface area contributed by atoms with Gasteiger partial charge >= 0.3 is 0 Å². The average molecular weight is 406 g/mol. The summed E-state index contributed by atoms with van der Waals surface area (Å²) in [5.41, 5.74) is 1.55. The van der Waals surface area contributed by atoms with Gasteiger partial charge in [0, 0.05) is 29.0 Å². The lowest BCUT2D eigenvalue weighted by Gasteiger charge is -2.23. The lowest BCUT2D eigenvalue weighted by Crippen LogP contribution is -2.28. The van der Waals surface area contributed by atoms with E-state index in [0.717, 1.165) is 5.70 Å². The van der Waals surface area contributed by atoms with Crippen molar-refractivity contribution in [3.8, 4) is 11.3 Å². The van der Waals surface area contributed by atoms with E-state index in [2.05, 4.69) is 10.3 Å². The first kappa shape index (κ1) is 19.2. The summed E-state index contributed by atoms with van der Waals surface area (Å²) in [4.78, 5) is 27.2. The van der Waals surface area contributed by atoms with Crippen LogP contribution in [-0.4, -0.2) is 22.1 Å². The van der Waals surface area contributed by atoms with Crippen LogP contribution in [0.5, 0.6) is 0 Å². The summed E-state index contributed by atoms with van der Waals surface area (Å²) in [5.74, 6) is 0.726. The molecule has 1 aromatic heterocycles. The highest BCUT2D eigenvalue weighted by molar-refractivity contribution is 8.13. The first-order valence-electron chi connectivity index (χ1n) is 7.96. The Bertz CT molecular complexity index is 996. The summed E-state index contributed by atoms with van der Waals surface area (Å²) >= 11 is 7.62. The van der Waals surface area contributed by atoms with E-state index in [-0.39, 0.29) is 11.5 Å². The number of aliphatic imine (C=N–C) groups is 1. The normalized spacial score (nSPS) is 16.7. The minimum Gasteiger partial charge on any atom is -0.458 e. The zero-order valence-electron chi connectivity index (χ0n) is 14.8. The number of non-ortho nitro benzene ring substituents is 1. The Morgan fingerprint density at radius 2 is 2.11 bits per heavy atom. The molecule has 3 rings (SSSR count). The zero-order chi connectivity index (χ0) is 19.7. The smallest absolute Gasteiger partial charge is 0.270 e. The van der Waals surface area contributed by atoms with Gasteiger partial charge in [0.1, 0.15) is 17.6 Å². The van der Waals surface area contributed by atoms with Crippen molar-refractivity contribution in [1.82, 2.24) is 5.32 Å². The Labute approximate surface area is 164 Å². The van der Waals surface area contributed by atoms with Crippen molar-refractivity contribution < 1.29 is 14.1 Å². The van der Waals surface area contributed by atoms with E-state index < -0.39 is 11.0 Å². The van der Waals surface area contributed by atoms with Gasteiger partial charge in [-0.2, -0.15) is 0 Å². The Morgan fingerprint density at radius 1 is 1.37 bits per heavy atom. The van der Waals surface area contributed by atoms with Gasteiger partial charge in [0.15, 0.2) is 11.0 Å². The number of allylic oxidation sites excluding steroid dienone is 1. The van der Waals surface area contributed by atoms with Gasteiger partial charge in [0.05, 0.1) is 9.95 Å². The van der Waals surface area contributed by atoms with Crippen molar-refractivity contribution in [1.29, 1.82) is 0 Å². The second-order valence-corrected chi connectivity index (χ2v) is 7.09. The predicted octanol–water partition coefficient (Wildman–Crippen LogP) is 4.73. The van der Waals surface area contributed by atoms with Crippen molar-refractivity contribution in [2.45, 2.75) is 19.9 Å². The molecule has 7 nitrogen and oxygen atoms in total. The fourth-order valence-corrected chi connectivity index (χ4v) is 3.55. The third-order valence-electron chi connectivity index (χ3n) is 4.11. The van der Waals surface area contributed by atoms with E-state index in [1.165, 1.54) is 36.9 Å². The van der Waals surface area contributed by atoms with Crippen LogP contribution in [-0.2, 0) is 4.79 Å². The molecule has 0 amide bonds. The number of furan rings is 1. The van der Waals surface area contributed by atoms with Crippen molar-refractivity contribution >= 4 is 40.0 Å². The standard InChI is InChI=1S/C18H16ClN3O4S/c1-9-16(10(2)23)17(21-18(20-9)27-3)15-7-6-14(26-15)12-8-11(22(24)25)4-5-13(12)19/h4-8,17H,1-3H3,(H,20,21). The van der Waals surface area contributed by atoms with Crippen LogP contribution in [0.3, 0.4) is 0 Å². The number of thioether (sulfide) groups is 1. The van der Waals surface area contributed by atoms with Gasteiger partial charge in [0.25, 0.3) is 5.69 Å². The monoisotopic (exact) mass is 405 g/mol. The maximum absolute atomic E-state index is 12.1. The maximum atomic E-state index is 12.1. The van der Waals surface area contributed by atoms with Gasteiger partial charge in [-0.15, -0.1) is 0 Å². The fourth-order valence-electron chi connectivity index (χ4n) is 2.87. The highest BCUT2D eigenvalue weighted by Crippen LogP contribution is 2.38. The molecule has 1 unspecified atom stereocenters. The third kappa shape index (κ3) is 3.77. The molecule has 0 spiro atoms. The third-order valence-corrected chi connectivity index (χ3v) is 5.04. The van der Waals surface area contributed by atoms with Gasteiger partial charge in [0.2, 0.25) is 0 Å². The van der Waals surface area contributed by atoms with Crippen LogP contribution in [0.15, 0.2) is 51.0 Å². The lowest BCUT2D eigenvalue weighted by atomic mass is 9.99. The second-order valence-electron chi connectivity index (χ2n) is 5.88. The number of carbonyl (C=O) groups is 1. The molecule has 0 fully saturated rings. The number of Topliss-reactive ketones (excluding diaryl/α,β-unsaturated/α-hetero) is 1. The highest BCUT2D eigenvalue weighted by Gasteiger charge is 2.29. The molecule has 2 aromatic rings. The molecule has 9 heteroatoms. The van der Waals surface area contributed by atoms with Gasteiger partial charge in [-0.25, -0.2) is 4.99 Å². The summed E-state index contributed by atoms with van der Waals surface area (Å²) in [7, 11) is 0. The highest BCUT2D eigenvalue weighted by atomic mass is 35.5. The van der Waals surface area contributed by atoms with E-state index in [0.29, 0.717) is 32.8 Å². The van der Waals surface area contributed by atoms with E-state index in [9.17, 15) is 14.9 Å². The minimum absolute atomic E-state index is 0.0860. The topological polar surface area (TPSA) is 97.7 Å². The molecule has 1 N–H and O–H groups in total. The molecule has 1 aromatic carbocycles. The number of carbonyl (C=O) groups excluding carboxylic acids is 1. The number of nitro benzene ring substituents is 1. The van der Waals surface area contributed by atoms with Crippen molar-refractivity contribution in [3.63, 3.8) is 0 Å². The number of rotatable bonds is 4. The largest absolute Gasteiger partial charge is 0.458 e. The number of nitrogens with one attached hydrogen (secondary N) is 1.